The average Bonchev–Trinajstić information content (AvgIpc) is 3.24. The third-order valence-corrected chi connectivity index (χ3v) is 7.02. The van der Waals surface area contributed by atoms with Gasteiger partial charge in [-0.15, -0.1) is 0 Å². The van der Waals surface area contributed by atoms with Crippen LogP contribution in [0, 0.1) is 5.92 Å². The summed E-state index contributed by atoms with van der Waals surface area (Å²) in [6.45, 7) is 2.30. The first kappa shape index (κ1) is 18.9. The topological polar surface area (TPSA) is 0 Å². The summed E-state index contributed by atoms with van der Waals surface area (Å²) in [6.07, 6.45) is 10.9. The molecule has 0 saturated heterocycles. The van der Waals surface area contributed by atoms with Gasteiger partial charge < -0.3 is 1.43 Å². The molecule has 2 unspecified atom stereocenters. The van der Waals surface area contributed by atoms with E-state index in [0.29, 0.717) is 17.8 Å². The molecule has 0 bridgehead atoms. The molecule has 0 amide bonds. The van der Waals surface area contributed by atoms with Crippen LogP contribution in [0.3, 0.4) is 0 Å². The van der Waals surface area contributed by atoms with E-state index in [4.69, 9.17) is 0 Å². The molecule has 0 nitrogen and oxygen atoms in total. The number of hydrogen-bond donors (Lipinski definition) is 0. The zero-order valence-electron chi connectivity index (χ0n) is 16.3. The van der Waals surface area contributed by atoms with Gasteiger partial charge in [0.05, 0.1) is 0 Å². The van der Waals surface area contributed by atoms with E-state index in [1.807, 2.05) is 0 Å². The zero-order chi connectivity index (χ0) is 16.4. The van der Waals surface area contributed by atoms with Crippen molar-refractivity contribution >= 4 is 21.7 Å². The number of fused-ring (bicyclic) bond motifs is 2. The van der Waals surface area contributed by atoms with E-state index in [2.05, 4.69) is 79.8 Å². The molecule has 2 heteroatoms. The molecule has 2 radical (unpaired) electrons. The van der Waals surface area contributed by atoms with Crippen LogP contribution in [0.4, 0.5) is 0 Å². The Hall–Kier alpha value is -0.863. The molecule has 2 aliphatic carbocycles. The van der Waals surface area contributed by atoms with Gasteiger partial charge in [-0.3, -0.25) is 0 Å². The predicted octanol–water partition coefficient (Wildman–Crippen LogP) is 3.29. The van der Waals surface area contributed by atoms with Gasteiger partial charge in [-0.1, -0.05) is 98.3 Å². The van der Waals surface area contributed by atoms with Gasteiger partial charge in [-0.2, -0.15) is 0 Å². The summed E-state index contributed by atoms with van der Waals surface area (Å²) in [5.41, 5.74) is 5.89. The van der Waals surface area contributed by atoms with Crippen LogP contribution in [0.2, 0.25) is 12.1 Å². The molecule has 0 fully saturated rings. The van der Waals surface area contributed by atoms with E-state index in [-0.39, 0.29) is 31.0 Å². The van der Waals surface area contributed by atoms with E-state index >= 15 is 0 Å². The van der Waals surface area contributed by atoms with Gasteiger partial charge in [-0.05, 0) is 28.2 Å². The monoisotopic (exact) mass is 352 g/mol. The molecule has 2 aliphatic rings. The largest absolute Gasteiger partial charge is 1.00 e. The van der Waals surface area contributed by atoms with Crippen molar-refractivity contribution in [3.05, 3.63) is 82.9 Å². The smallest absolute Gasteiger partial charge is 1.00 e. The molecule has 0 N–H and O–H groups in total. The van der Waals surface area contributed by atoms with Crippen molar-refractivity contribution in [3.8, 4) is 0 Å². The first-order valence-corrected chi connectivity index (χ1v) is 10.5. The van der Waals surface area contributed by atoms with Crippen LogP contribution < -0.4 is 29.6 Å². The van der Waals surface area contributed by atoms with Crippen molar-refractivity contribution in [1.29, 1.82) is 0 Å². The Kier molecular flexibility index (Phi) is 6.57. The van der Waals surface area contributed by atoms with Crippen LogP contribution in [0.25, 0.3) is 12.2 Å². The summed E-state index contributed by atoms with van der Waals surface area (Å²) in [5, 5.41) is 0. The minimum Gasteiger partial charge on any atom is -1.00 e. The molecule has 0 aliphatic heterocycles. The molecule has 0 aromatic heterocycles. The first-order chi connectivity index (χ1) is 11.9. The van der Waals surface area contributed by atoms with E-state index < -0.39 is 0 Å². The second kappa shape index (κ2) is 8.68. The maximum Gasteiger partial charge on any atom is 1.00 e. The minimum atomic E-state index is 0. The quantitative estimate of drug-likeness (QED) is 0.553. The minimum absolute atomic E-state index is 0. The van der Waals surface area contributed by atoms with Crippen molar-refractivity contribution in [2.75, 3.05) is 0 Å². The summed E-state index contributed by atoms with van der Waals surface area (Å²) in [4.78, 5) is 0. The van der Waals surface area contributed by atoms with Crippen molar-refractivity contribution in [1.82, 2.24) is 0 Å². The Balaban J connectivity index is 0.00000121. The Morgan fingerprint density at radius 3 is 1.92 bits per heavy atom. The van der Waals surface area contributed by atoms with Gasteiger partial charge >= 0.3 is 29.6 Å². The summed E-state index contributed by atoms with van der Waals surface area (Å²) in [5.74, 6) is 1.80. The molecule has 4 rings (SSSR count). The van der Waals surface area contributed by atoms with Crippen LogP contribution in [0.15, 0.2) is 60.7 Å². The van der Waals surface area contributed by atoms with Crippen LogP contribution in [-0.2, 0) is 0 Å². The molecule has 0 spiro atoms. The molecular formula is C23H25NaSi. The second-order valence-electron chi connectivity index (χ2n) is 6.90. The SMILES string of the molecule is CCC[Si]CC(C1C=Cc2ccccc21)C1C=Cc2ccccc21.[H-].[Na+]. The van der Waals surface area contributed by atoms with Crippen molar-refractivity contribution in [2.45, 2.75) is 37.3 Å². The maximum atomic E-state index is 2.46. The van der Waals surface area contributed by atoms with Gasteiger partial charge in [0.15, 0.2) is 0 Å². The fourth-order valence-electron chi connectivity index (χ4n) is 4.22. The molecule has 2 aromatic carbocycles. The number of rotatable bonds is 6. The molecule has 0 heterocycles. The Morgan fingerprint density at radius 2 is 1.40 bits per heavy atom. The van der Waals surface area contributed by atoms with Crippen molar-refractivity contribution < 1.29 is 31.0 Å². The molecular weight excluding hydrogens is 327 g/mol. The van der Waals surface area contributed by atoms with Gasteiger partial charge in [0.25, 0.3) is 0 Å². The molecule has 25 heavy (non-hydrogen) atoms. The first-order valence-electron chi connectivity index (χ1n) is 9.13. The third kappa shape index (κ3) is 3.80. The molecule has 2 aromatic rings. The van der Waals surface area contributed by atoms with Crippen LogP contribution in [-0.4, -0.2) is 9.52 Å². The normalized spacial score (nSPS) is 20.8. The predicted molar refractivity (Wildman–Crippen MR) is 107 cm³/mol. The number of benzene rings is 2. The molecule has 0 saturated carbocycles. The fraction of sp³-hybridized carbons (Fsp3) is 0.304. The fourth-order valence-corrected chi connectivity index (χ4v) is 5.62. The van der Waals surface area contributed by atoms with E-state index in [1.54, 1.807) is 0 Å². The van der Waals surface area contributed by atoms with Crippen LogP contribution in [0.5, 0.6) is 0 Å². The number of hydrogen-bond acceptors (Lipinski definition) is 0. The van der Waals surface area contributed by atoms with E-state index in [1.165, 1.54) is 40.8 Å². The maximum absolute atomic E-state index is 2.46. The second-order valence-corrected chi connectivity index (χ2v) is 8.30. The van der Waals surface area contributed by atoms with Gasteiger partial charge in [0, 0.05) is 21.4 Å². The Bertz CT molecular complexity index is 722. The van der Waals surface area contributed by atoms with Gasteiger partial charge in [0.2, 0.25) is 0 Å². The molecule has 122 valence electrons. The number of allylic oxidation sites excluding steroid dienone is 2. The van der Waals surface area contributed by atoms with Gasteiger partial charge in [-0.25, -0.2) is 0 Å². The van der Waals surface area contributed by atoms with Gasteiger partial charge in [0.1, 0.15) is 0 Å². The Labute approximate surface area is 178 Å². The van der Waals surface area contributed by atoms with Crippen LogP contribution >= 0.6 is 0 Å². The standard InChI is InChI=1S/C23H24Si.Na.H/c1-2-15-24-16-23(21-13-11-17-7-3-5-9-19(17)21)22-14-12-18-8-4-6-10-20(18)22;;/h3-14,21-23H,2,15-16H2,1H3;;/q;+1;-1. The van der Waals surface area contributed by atoms with Crippen molar-refractivity contribution in [3.63, 3.8) is 0 Å². The summed E-state index contributed by atoms with van der Waals surface area (Å²) >= 11 is 0. The van der Waals surface area contributed by atoms with Crippen LogP contribution in [0.1, 0.15) is 48.9 Å². The summed E-state index contributed by atoms with van der Waals surface area (Å²) in [6, 6.07) is 20.6. The summed E-state index contributed by atoms with van der Waals surface area (Å²) in [7, 11) is 1.07. The average molecular weight is 353 g/mol. The van der Waals surface area contributed by atoms with E-state index in [9.17, 15) is 0 Å². The van der Waals surface area contributed by atoms with Crippen molar-refractivity contribution in [2.24, 2.45) is 5.92 Å². The third-order valence-electron chi connectivity index (χ3n) is 5.41. The zero-order valence-corrected chi connectivity index (χ0v) is 18.3. The summed E-state index contributed by atoms with van der Waals surface area (Å²) < 4.78 is 0. The van der Waals surface area contributed by atoms with E-state index in [0.717, 1.165) is 9.52 Å². The molecule has 2 atom stereocenters. The Morgan fingerprint density at radius 1 is 0.880 bits per heavy atom.